The van der Waals surface area contributed by atoms with Crippen LogP contribution in [0, 0.1) is 5.82 Å². The Morgan fingerprint density at radius 3 is 2.74 bits per heavy atom. The summed E-state index contributed by atoms with van der Waals surface area (Å²) >= 11 is 0. The summed E-state index contributed by atoms with van der Waals surface area (Å²) in [6, 6.07) is 5.73. The van der Waals surface area contributed by atoms with Gasteiger partial charge < -0.3 is 10.1 Å². The van der Waals surface area contributed by atoms with Crippen molar-refractivity contribution in [2.45, 2.75) is 64.8 Å². The molecule has 1 aromatic rings. The molecule has 0 saturated heterocycles. The normalized spacial score (nSPS) is 16.4. The third-order valence-corrected chi connectivity index (χ3v) is 3.60. The van der Waals surface area contributed by atoms with Crippen molar-refractivity contribution in [3.8, 4) is 0 Å². The Balaban J connectivity index is 1.92. The molecule has 0 aromatic heterocycles. The third-order valence-electron chi connectivity index (χ3n) is 3.60. The first kappa shape index (κ1) is 14.5. The van der Waals surface area contributed by atoms with Crippen molar-refractivity contribution in [3.05, 3.63) is 35.1 Å². The molecule has 1 N–H and O–H groups in total. The van der Waals surface area contributed by atoms with Crippen LogP contribution in [0.3, 0.4) is 0 Å². The van der Waals surface area contributed by atoms with Crippen LogP contribution in [-0.2, 0) is 17.9 Å². The average molecular weight is 265 g/mol. The highest BCUT2D eigenvalue weighted by molar-refractivity contribution is 5.24. The molecule has 1 aliphatic rings. The SMILES string of the molecule is CC(C)NCc1ccc(F)c(COC2CCCC2)c1. The second kappa shape index (κ2) is 7.01. The van der Waals surface area contributed by atoms with Crippen molar-refractivity contribution in [2.75, 3.05) is 0 Å². The quantitative estimate of drug-likeness (QED) is 0.845. The molecule has 0 radical (unpaired) electrons. The van der Waals surface area contributed by atoms with E-state index in [0.717, 1.165) is 24.9 Å². The molecular weight excluding hydrogens is 241 g/mol. The second-order valence-corrected chi connectivity index (χ2v) is 5.68. The van der Waals surface area contributed by atoms with Crippen LogP contribution < -0.4 is 5.32 Å². The lowest BCUT2D eigenvalue weighted by Gasteiger charge is -2.13. The fourth-order valence-corrected chi connectivity index (χ4v) is 2.43. The molecule has 0 amide bonds. The van der Waals surface area contributed by atoms with E-state index in [-0.39, 0.29) is 5.82 Å². The monoisotopic (exact) mass is 265 g/mol. The molecule has 2 rings (SSSR count). The van der Waals surface area contributed by atoms with Crippen molar-refractivity contribution >= 4 is 0 Å². The molecule has 2 nitrogen and oxygen atoms in total. The zero-order valence-corrected chi connectivity index (χ0v) is 11.9. The van der Waals surface area contributed by atoms with E-state index in [2.05, 4.69) is 19.2 Å². The van der Waals surface area contributed by atoms with Crippen LogP contribution >= 0.6 is 0 Å². The van der Waals surface area contributed by atoms with Crippen LogP contribution in [0.25, 0.3) is 0 Å². The molecule has 1 aliphatic carbocycles. The van der Waals surface area contributed by atoms with E-state index in [4.69, 9.17) is 4.74 Å². The molecule has 0 unspecified atom stereocenters. The lowest BCUT2D eigenvalue weighted by Crippen LogP contribution is -2.22. The van der Waals surface area contributed by atoms with E-state index in [1.807, 2.05) is 12.1 Å². The number of halogens is 1. The van der Waals surface area contributed by atoms with Crippen LogP contribution in [0.1, 0.15) is 50.7 Å². The molecule has 0 spiro atoms. The zero-order chi connectivity index (χ0) is 13.7. The van der Waals surface area contributed by atoms with Gasteiger partial charge in [-0.15, -0.1) is 0 Å². The summed E-state index contributed by atoms with van der Waals surface area (Å²) in [6.07, 6.45) is 5.06. The highest BCUT2D eigenvalue weighted by Crippen LogP contribution is 2.23. The number of rotatable bonds is 6. The van der Waals surface area contributed by atoms with Gasteiger partial charge in [0.15, 0.2) is 0 Å². The summed E-state index contributed by atoms with van der Waals surface area (Å²) in [5, 5.41) is 3.34. The lowest BCUT2D eigenvalue weighted by molar-refractivity contribution is 0.0441. The van der Waals surface area contributed by atoms with Gasteiger partial charge in [-0.05, 0) is 30.5 Å². The fourth-order valence-electron chi connectivity index (χ4n) is 2.43. The molecule has 106 valence electrons. The Labute approximate surface area is 115 Å². The van der Waals surface area contributed by atoms with Gasteiger partial charge in [-0.25, -0.2) is 4.39 Å². The first-order chi connectivity index (χ1) is 9.15. The number of nitrogens with one attached hydrogen (secondary N) is 1. The van der Waals surface area contributed by atoms with E-state index in [1.165, 1.54) is 12.8 Å². The van der Waals surface area contributed by atoms with Gasteiger partial charge in [0.1, 0.15) is 5.82 Å². The van der Waals surface area contributed by atoms with Gasteiger partial charge in [-0.1, -0.05) is 32.8 Å². The molecule has 1 aromatic carbocycles. The predicted molar refractivity (Wildman–Crippen MR) is 75.4 cm³/mol. The van der Waals surface area contributed by atoms with E-state index in [9.17, 15) is 4.39 Å². The largest absolute Gasteiger partial charge is 0.373 e. The standard InChI is InChI=1S/C16H24FNO/c1-12(2)18-10-13-7-8-16(17)14(9-13)11-19-15-5-3-4-6-15/h7-9,12,15,18H,3-6,10-11H2,1-2H3. The summed E-state index contributed by atoms with van der Waals surface area (Å²) in [5.41, 5.74) is 1.79. The van der Waals surface area contributed by atoms with E-state index in [0.29, 0.717) is 24.3 Å². The minimum atomic E-state index is -0.161. The molecular formula is C16H24FNO. The number of hydrogen-bond donors (Lipinski definition) is 1. The average Bonchev–Trinajstić information content (AvgIpc) is 2.89. The van der Waals surface area contributed by atoms with Crippen LogP contribution in [0.15, 0.2) is 18.2 Å². The van der Waals surface area contributed by atoms with Gasteiger partial charge in [0.2, 0.25) is 0 Å². The summed E-state index contributed by atoms with van der Waals surface area (Å²) in [6.45, 7) is 5.38. The zero-order valence-electron chi connectivity index (χ0n) is 11.9. The summed E-state index contributed by atoms with van der Waals surface area (Å²) < 4.78 is 19.5. The van der Waals surface area contributed by atoms with Gasteiger partial charge in [-0.2, -0.15) is 0 Å². The number of hydrogen-bond acceptors (Lipinski definition) is 2. The Hall–Kier alpha value is -0.930. The Bertz CT molecular complexity index is 400. The Morgan fingerprint density at radius 2 is 2.05 bits per heavy atom. The smallest absolute Gasteiger partial charge is 0.128 e. The second-order valence-electron chi connectivity index (χ2n) is 5.68. The summed E-state index contributed by atoms with van der Waals surface area (Å²) in [7, 11) is 0. The molecule has 0 aliphatic heterocycles. The van der Waals surface area contributed by atoms with Crippen LogP contribution in [-0.4, -0.2) is 12.1 Å². The van der Waals surface area contributed by atoms with Crippen LogP contribution in [0.4, 0.5) is 4.39 Å². The number of ether oxygens (including phenoxy) is 1. The van der Waals surface area contributed by atoms with Gasteiger partial charge in [-0.3, -0.25) is 0 Å². The van der Waals surface area contributed by atoms with Gasteiger partial charge in [0, 0.05) is 18.2 Å². The minimum Gasteiger partial charge on any atom is -0.373 e. The van der Waals surface area contributed by atoms with E-state index < -0.39 is 0 Å². The van der Waals surface area contributed by atoms with Crippen LogP contribution in [0.2, 0.25) is 0 Å². The molecule has 1 saturated carbocycles. The summed E-state index contributed by atoms with van der Waals surface area (Å²) in [5.74, 6) is -0.161. The fraction of sp³-hybridized carbons (Fsp3) is 0.625. The third kappa shape index (κ3) is 4.59. The molecule has 0 heterocycles. The lowest BCUT2D eigenvalue weighted by atomic mass is 10.1. The van der Waals surface area contributed by atoms with E-state index in [1.54, 1.807) is 6.07 Å². The van der Waals surface area contributed by atoms with Crippen LogP contribution in [0.5, 0.6) is 0 Å². The summed E-state index contributed by atoms with van der Waals surface area (Å²) in [4.78, 5) is 0. The van der Waals surface area contributed by atoms with E-state index >= 15 is 0 Å². The Kier molecular flexibility index (Phi) is 5.34. The highest BCUT2D eigenvalue weighted by Gasteiger charge is 2.16. The number of benzene rings is 1. The van der Waals surface area contributed by atoms with Gasteiger partial charge in [0.05, 0.1) is 12.7 Å². The first-order valence-electron chi connectivity index (χ1n) is 7.27. The molecule has 3 heteroatoms. The van der Waals surface area contributed by atoms with Gasteiger partial charge >= 0.3 is 0 Å². The highest BCUT2D eigenvalue weighted by atomic mass is 19.1. The minimum absolute atomic E-state index is 0.161. The van der Waals surface area contributed by atoms with Crippen molar-refractivity contribution in [2.24, 2.45) is 0 Å². The maximum absolute atomic E-state index is 13.7. The first-order valence-corrected chi connectivity index (χ1v) is 7.27. The molecule has 1 fully saturated rings. The van der Waals surface area contributed by atoms with Crippen molar-refractivity contribution in [1.29, 1.82) is 0 Å². The van der Waals surface area contributed by atoms with Gasteiger partial charge in [0.25, 0.3) is 0 Å². The topological polar surface area (TPSA) is 21.3 Å². The maximum Gasteiger partial charge on any atom is 0.128 e. The Morgan fingerprint density at radius 1 is 1.32 bits per heavy atom. The van der Waals surface area contributed by atoms with Crippen molar-refractivity contribution < 1.29 is 9.13 Å². The molecule has 19 heavy (non-hydrogen) atoms. The molecule has 0 atom stereocenters. The maximum atomic E-state index is 13.7. The molecule has 0 bridgehead atoms. The van der Waals surface area contributed by atoms with Crippen molar-refractivity contribution in [3.63, 3.8) is 0 Å². The van der Waals surface area contributed by atoms with Crippen molar-refractivity contribution in [1.82, 2.24) is 5.32 Å². The predicted octanol–water partition coefficient (Wildman–Crippen LogP) is 3.78.